The molecule has 5 nitrogen and oxygen atoms in total. The number of halogens is 1. The number of alkyl halides is 1. The van der Waals surface area contributed by atoms with Gasteiger partial charge in [-0.3, -0.25) is 4.79 Å². The van der Waals surface area contributed by atoms with E-state index in [1.54, 1.807) is 4.90 Å². The van der Waals surface area contributed by atoms with Crippen LogP contribution in [0.3, 0.4) is 0 Å². The first-order valence-electron chi connectivity index (χ1n) is 7.47. The lowest BCUT2D eigenvalue weighted by molar-refractivity contribution is -0.142. The lowest BCUT2D eigenvalue weighted by Crippen LogP contribution is -2.41. The highest BCUT2D eigenvalue weighted by Crippen LogP contribution is 2.22. The van der Waals surface area contributed by atoms with E-state index in [0.717, 1.165) is 32.4 Å². The first kappa shape index (κ1) is 18.5. The van der Waals surface area contributed by atoms with Gasteiger partial charge in [0.1, 0.15) is 9.53 Å². The fraction of sp³-hybridized carbons (Fsp3) is 0.867. The van der Waals surface area contributed by atoms with Gasteiger partial charge in [0.25, 0.3) is 0 Å². The molecule has 1 aliphatic heterocycles. The second kappa shape index (κ2) is 8.19. The summed E-state index contributed by atoms with van der Waals surface area (Å²) in [5.74, 6) is 0.364. The van der Waals surface area contributed by atoms with Gasteiger partial charge in [0.15, 0.2) is 0 Å². The first-order valence-corrected chi connectivity index (χ1v) is 8.72. The van der Waals surface area contributed by atoms with Gasteiger partial charge in [0, 0.05) is 13.1 Å². The molecule has 0 aromatic carbocycles. The number of likely N-dealkylation sites (tertiary alicyclic amines) is 1. The number of esters is 1. The minimum Gasteiger partial charge on any atom is -0.465 e. The van der Waals surface area contributed by atoms with E-state index in [1.807, 2.05) is 27.7 Å². The van der Waals surface area contributed by atoms with Crippen LogP contribution in [0.4, 0.5) is 4.79 Å². The molecule has 1 aliphatic rings. The molecular weight excluding hydrogens is 385 g/mol. The number of piperidine rings is 1. The zero-order valence-electron chi connectivity index (χ0n) is 13.4. The molecular formula is C15H26INO4. The van der Waals surface area contributed by atoms with Crippen LogP contribution in [0.15, 0.2) is 0 Å². The lowest BCUT2D eigenvalue weighted by atomic mass is 9.94. The average molecular weight is 411 g/mol. The summed E-state index contributed by atoms with van der Waals surface area (Å²) >= 11 is 2.05. The minimum atomic E-state index is -0.446. The van der Waals surface area contributed by atoms with E-state index in [4.69, 9.17) is 9.47 Å². The molecule has 1 fully saturated rings. The molecule has 0 saturated carbocycles. The van der Waals surface area contributed by atoms with Crippen molar-refractivity contribution in [2.45, 2.75) is 56.5 Å². The fourth-order valence-corrected chi connectivity index (χ4v) is 2.35. The molecule has 1 heterocycles. The van der Waals surface area contributed by atoms with E-state index in [2.05, 4.69) is 22.6 Å². The number of amides is 1. The number of nitrogens with zero attached hydrogens (tertiary/aromatic N) is 1. The molecule has 0 aromatic heterocycles. The molecule has 1 rings (SSSR count). The molecule has 1 atom stereocenters. The second-order valence-electron chi connectivity index (χ2n) is 6.48. The van der Waals surface area contributed by atoms with E-state index < -0.39 is 5.60 Å². The van der Waals surface area contributed by atoms with Crippen LogP contribution in [0.1, 0.15) is 47.0 Å². The van der Waals surface area contributed by atoms with Crippen LogP contribution in [-0.2, 0) is 14.3 Å². The Bertz CT molecular complexity index is 357. The highest BCUT2D eigenvalue weighted by Gasteiger charge is 2.26. The molecule has 0 aromatic rings. The monoisotopic (exact) mass is 411 g/mol. The predicted molar refractivity (Wildman–Crippen MR) is 89.6 cm³/mol. The van der Waals surface area contributed by atoms with Crippen molar-refractivity contribution in [3.63, 3.8) is 0 Å². The highest BCUT2D eigenvalue weighted by atomic mass is 127. The highest BCUT2D eigenvalue weighted by molar-refractivity contribution is 14.1. The van der Waals surface area contributed by atoms with Gasteiger partial charge in [-0.05, 0) is 52.9 Å². The number of ether oxygens (including phenoxy) is 2. The zero-order chi connectivity index (χ0) is 16.0. The molecule has 122 valence electrons. The summed E-state index contributed by atoms with van der Waals surface area (Å²) in [6.07, 6.45) is 2.52. The number of hydrogen-bond acceptors (Lipinski definition) is 4. The predicted octanol–water partition coefficient (Wildman–Crippen LogP) is 3.39. The Morgan fingerprint density at radius 3 is 2.33 bits per heavy atom. The zero-order valence-corrected chi connectivity index (χ0v) is 15.5. The normalized spacial score (nSPS) is 18.2. The Morgan fingerprint density at radius 2 is 1.86 bits per heavy atom. The number of hydrogen-bond donors (Lipinski definition) is 0. The first-order chi connectivity index (χ1) is 9.69. The van der Waals surface area contributed by atoms with E-state index in [1.165, 1.54) is 0 Å². The third kappa shape index (κ3) is 7.33. The van der Waals surface area contributed by atoms with E-state index in [9.17, 15) is 9.59 Å². The molecule has 1 saturated heterocycles. The third-order valence-electron chi connectivity index (χ3n) is 3.36. The summed E-state index contributed by atoms with van der Waals surface area (Å²) < 4.78 is 10.5. The van der Waals surface area contributed by atoms with Gasteiger partial charge in [0.2, 0.25) is 0 Å². The summed E-state index contributed by atoms with van der Waals surface area (Å²) in [5, 5.41) is 0. The van der Waals surface area contributed by atoms with Gasteiger partial charge in [0.05, 0.1) is 6.61 Å². The molecule has 0 spiro atoms. The van der Waals surface area contributed by atoms with Gasteiger partial charge in [-0.15, -0.1) is 0 Å². The van der Waals surface area contributed by atoms with Gasteiger partial charge in [-0.25, -0.2) is 4.79 Å². The maximum absolute atomic E-state index is 11.9. The van der Waals surface area contributed by atoms with Crippen LogP contribution in [0.2, 0.25) is 0 Å². The summed E-state index contributed by atoms with van der Waals surface area (Å²) in [6.45, 7) is 9.36. The van der Waals surface area contributed by atoms with Crippen LogP contribution < -0.4 is 0 Å². The van der Waals surface area contributed by atoms with E-state index >= 15 is 0 Å². The van der Waals surface area contributed by atoms with Crippen molar-refractivity contribution in [3.05, 3.63) is 0 Å². The lowest BCUT2D eigenvalue weighted by Gasteiger charge is -2.33. The van der Waals surface area contributed by atoms with E-state index in [0.29, 0.717) is 12.5 Å². The van der Waals surface area contributed by atoms with Crippen molar-refractivity contribution >= 4 is 34.7 Å². The van der Waals surface area contributed by atoms with Crippen LogP contribution in [0, 0.1) is 5.92 Å². The maximum atomic E-state index is 11.9. The quantitative estimate of drug-likeness (QED) is 0.404. The minimum absolute atomic E-state index is 0.100. The topological polar surface area (TPSA) is 55.8 Å². The Morgan fingerprint density at radius 1 is 1.29 bits per heavy atom. The second-order valence-corrected chi connectivity index (χ2v) is 8.35. The van der Waals surface area contributed by atoms with Crippen molar-refractivity contribution in [3.8, 4) is 0 Å². The summed E-state index contributed by atoms with van der Waals surface area (Å²) in [7, 11) is 0. The standard InChI is InChI=1S/C15H26INO4/c1-11(16)13(18)20-10-7-12-5-8-17(9-6-12)14(19)21-15(2,3)4/h11-12H,5-10H2,1-4H3. The Hall–Kier alpha value is -0.530. The molecule has 21 heavy (non-hydrogen) atoms. The molecule has 0 N–H and O–H groups in total. The third-order valence-corrected chi connectivity index (χ3v) is 3.87. The largest absolute Gasteiger partial charge is 0.465 e. The van der Waals surface area contributed by atoms with Gasteiger partial charge < -0.3 is 14.4 Å². The Kier molecular flexibility index (Phi) is 7.23. The van der Waals surface area contributed by atoms with Crippen molar-refractivity contribution in [1.29, 1.82) is 0 Å². The van der Waals surface area contributed by atoms with Crippen molar-refractivity contribution < 1.29 is 19.1 Å². The molecule has 0 radical (unpaired) electrons. The number of rotatable bonds is 4. The summed E-state index contributed by atoms with van der Waals surface area (Å²) in [5.41, 5.74) is -0.446. The Labute approximate surface area is 140 Å². The number of carbonyl (C=O) groups is 2. The molecule has 6 heteroatoms. The molecule has 1 unspecified atom stereocenters. The fourth-order valence-electron chi connectivity index (χ4n) is 2.17. The average Bonchev–Trinajstić information content (AvgIpc) is 2.37. The van der Waals surface area contributed by atoms with Gasteiger partial charge >= 0.3 is 12.1 Å². The van der Waals surface area contributed by atoms with Gasteiger partial charge in [-0.1, -0.05) is 22.6 Å². The summed E-state index contributed by atoms with van der Waals surface area (Å²) in [4.78, 5) is 25.1. The maximum Gasteiger partial charge on any atom is 0.410 e. The van der Waals surface area contributed by atoms with Crippen LogP contribution in [0.5, 0.6) is 0 Å². The SMILES string of the molecule is CC(I)C(=O)OCCC1CCN(C(=O)OC(C)(C)C)CC1. The van der Waals surface area contributed by atoms with Gasteiger partial charge in [-0.2, -0.15) is 0 Å². The number of carbonyl (C=O) groups excluding carboxylic acids is 2. The van der Waals surface area contributed by atoms with Crippen molar-refractivity contribution in [2.75, 3.05) is 19.7 Å². The van der Waals surface area contributed by atoms with Crippen molar-refractivity contribution in [2.24, 2.45) is 5.92 Å². The van der Waals surface area contributed by atoms with Crippen LogP contribution in [-0.4, -0.2) is 46.2 Å². The van der Waals surface area contributed by atoms with E-state index in [-0.39, 0.29) is 16.0 Å². The van der Waals surface area contributed by atoms with Crippen molar-refractivity contribution in [1.82, 2.24) is 4.90 Å². The molecule has 1 amide bonds. The van der Waals surface area contributed by atoms with Crippen LogP contribution in [0.25, 0.3) is 0 Å². The Balaban J connectivity index is 2.23. The molecule has 0 bridgehead atoms. The summed E-state index contributed by atoms with van der Waals surface area (Å²) in [6, 6.07) is 0. The smallest absolute Gasteiger partial charge is 0.410 e. The molecule has 0 aliphatic carbocycles. The van der Waals surface area contributed by atoms with Crippen LogP contribution >= 0.6 is 22.6 Å².